The number of rotatable bonds is 3. The zero-order chi connectivity index (χ0) is 22.0. The minimum Gasteiger partial charge on any atom is -0.465 e. The van der Waals surface area contributed by atoms with Gasteiger partial charge < -0.3 is 14.5 Å². The van der Waals surface area contributed by atoms with Crippen LogP contribution in [0.25, 0.3) is 11.0 Å². The Bertz CT molecular complexity index is 1350. The smallest absolute Gasteiger partial charge is 0.338 e. The van der Waals surface area contributed by atoms with Crippen LogP contribution in [-0.2, 0) is 4.74 Å². The Morgan fingerprint density at radius 3 is 2.55 bits per heavy atom. The first-order valence-electron chi connectivity index (χ1n) is 9.58. The maximum absolute atomic E-state index is 11.9. The lowest BCUT2D eigenvalue weighted by Gasteiger charge is -2.07. The number of ether oxygens (including phenoxy) is 2. The number of H-pyrrole nitrogens is 1. The molecule has 0 aliphatic carbocycles. The van der Waals surface area contributed by atoms with Crippen molar-refractivity contribution in [1.29, 1.82) is 0 Å². The van der Waals surface area contributed by atoms with Crippen LogP contribution in [0.1, 0.15) is 32.6 Å². The Morgan fingerprint density at radius 1 is 1.03 bits per heavy atom. The highest BCUT2D eigenvalue weighted by molar-refractivity contribution is 6.32. The van der Waals surface area contributed by atoms with E-state index in [1.165, 1.54) is 12.7 Å². The average molecular weight is 431 g/mol. The SMILES string of the molecule is COC(=O)c1cc(Oc2nc3cc(C#Cc4ccc(C)cc4)c(Cl)cc3[nH]2)ccc1C. The third kappa shape index (κ3) is 4.55. The zero-order valence-corrected chi connectivity index (χ0v) is 18.0. The summed E-state index contributed by atoms with van der Waals surface area (Å²) in [4.78, 5) is 19.5. The molecule has 0 atom stereocenters. The van der Waals surface area contributed by atoms with Gasteiger partial charge in [-0.15, -0.1) is 0 Å². The number of carbonyl (C=O) groups is 1. The zero-order valence-electron chi connectivity index (χ0n) is 17.2. The van der Waals surface area contributed by atoms with Gasteiger partial charge in [-0.3, -0.25) is 0 Å². The van der Waals surface area contributed by atoms with Crippen LogP contribution in [0.15, 0.2) is 54.6 Å². The highest BCUT2D eigenvalue weighted by Gasteiger charge is 2.13. The second kappa shape index (κ2) is 8.55. The van der Waals surface area contributed by atoms with E-state index < -0.39 is 5.97 Å². The Kier molecular flexibility index (Phi) is 5.66. The molecule has 0 fully saturated rings. The van der Waals surface area contributed by atoms with Gasteiger partial charge in [-0.2, -0.15) is 4.98 Å². The molecule has 31 heavy (non-hydrogen) atoms. The number of esters is 1. The van der Waals surface area contributed by atoms with Gasteiger partial charge in [0.05, 0.1) is 28.7 Å². The molecule has 4 aromatic rings. The minimum absolute atomic E-state index is 0.286. The number of nitrogens with zero attached hydrogens (tertiary/aromatic N) is 1. The molecule has 0 saturated heterocycles. The maximum atomic E-state index is 11.9. The van der Waals surface area contributed by atoms with E-state index in [-0.39, 0.29) is 6.01 Å². The van der Waals surface area contributed by atoms with Crippen molar-refractivity contribution in [2.75, 3.05) is 7.11 Å². The van der Waals surface area contributed by atoms with E-state index >= 15 is 0 Å². The lowest BCUT2D eigenvalue weighted by Crippen LogP contribution is -2.04. The summed E-state index contributed by atoms with van der Waals surface area (Å²) in [6.45, 7) is 3.87. The van der Waals surface area contributed by atoms with E-state index in [4.69, 9.17) is 21.1 Å². The first-order chi connectivity index (χ1) is 14.9. The first kappa shape index (κ1) is 20.5. The van der Waals surface area contributed by atoms with Gasteiger partial charge in [-0.1, -0.05) is 47.2 Å². The van der Waals surface area contributed by atoms with Crippen LogP contribution in [-0.4, -0.2) is 23.0 Å². The molecule has 6 heteroatoms. The van der Waals surface area contributed by atoms with Crippen molar-refractivity contribution < 1.29 is 14.3 Å². The van der Waals surface area contributed by atoms with Gasteiger partial charge in [0.25, 0.3) is 6.01 Å². The van der Waals surface area contributed by atoms with Crippen molar-refractivity contribution in [1.82, 2.24) is 9.97 Å². The third-order valence-corrected chi connectivity index (χ3v) is 5.08. The van der Waals surface area contributed by atoms with Crippen LogP contribution in [0.2, 0.25) is 5.02 Å². The molecule has 4 rings (SSSR count). The number of benzene rings is 3. The van der Waals surface area contributed by atoms with Crippen molar-refractivity contribution >= 4 is 28.6 Å². The molecule has 0 amide bonds. The van der Waals surface area contributed by atoms with E-state index in [0.29, 0.717) is 27.4 Å². The Balaban J connectivity index is 1.62. The van der Waals surface area contributed by atoms with Crippen molar-refractivity contribution in [3.05, 3.63) is 87.4 Å². The molecule has 1 N–H and O–H groups in total. The highest BCUT2D eigenvalue weighted by atomic mass is 35.5. The largest absolute Gasteiger partial charge is 0.465 e. The second-order valence-electron chi connectivity index (χ2n) is 7.08. The number of carbonyl (C=O) groups excluding carboxylic acids is 1. The summed E-state index contributed by atoms with van der Waals surface area (Å²) in [5.41, 5.74) is 5.40. The topological polar surface area (TPSA) is 64.2 Å². The standard InChI is InChI=1S/C25H19ClN2O3/c1-15-4-7-17(8-5-15)9-10-18-12-22-23(14-21(18)26)28-25(27-22)31-19-11-6-16(2)20(13-19)24(29)30-3/h4-8,11-14H,1-3H3,(H,27,28). The quantitative estimate of drug-likeness (QED) is 0.329. The molecule has 0 aliphatic heterocycles. The molecular formula is C25H19ClN2O3. The second-order valence-corrected chi connectivity index (χ2v) is 7.48. The summed E-state index contributed by atoms with van der Waals surface area (Å²) in [5.74, 6) is 6.27. The molecule has 0 unspecified atom stereocenters. The van der Waals surface area contributed by atoms with Gasteiger partial charge >= 0.3 is 5.97 Å². The van der Waals surface area contributed by atoms with Gasteiger partial charge in [0.1, 0.15) is 5.75 Å². The first-order valence-corrected chi connectivity index (χ1v) is 9.95. The number of hydrogen-bond acceptors (Lipinski definition) is 4. The molecular weight excluding hydrogens is 412 g/mol. The number of methoxy groups -OCH3 is 1. The number of aryl methyl sites for hydroxylation is 2. The Morgan fingerprint density at radius 2 is 1.81 bits per heavy atom. The molecule has 1 heterocycles. The summed E-state index contributed by atoms with van der Waals surface area (Å²) in [7, 11) is 1.34. The highest BCUT2D eigenvalue weighted by Crippen LogP contribution is 2.27. The molecule has 0 aliphatic rings. The number of aromatic nitrogens is 2. The molecule has 0 spiro atoms. The predicted octanol–water partition coefficient (Wildman–Crippen LogP) is 5.81. The van der Waals surface area contributed by atoms with Gasteiger partial charge in [-0.25, -0.2) is 4.79 Å². The fraction of sp³-hybridized carbons (Fsp3) is 0.120. The number of aromatic amines is 1. The van der Waals surface area contributed by atoms with Gasteiger partial charge in [0.2, 0.25) is 0 Å². The summed E-state index contributed by atoms with van der Waals surface area (Å²) < 4.78 is 10.6. The molecule has 0 bridgehead atoms. The summed E-state index contributed by atoms with van der Waals surface area (Å²) in [6.07, 6.45) is 0. The molecule has 5 nitrogen and oxygen atoms in total. The van der Waals surface area contributed by atoms with Crippen molar-refractivity contribution in [3.8, 4) is 23.6 Å². The summed E-state index contributed by atoms with van der Waals surface area (Å²) in [5, 5.41) is 0.519. The van der Waals surface area contributed by atoms with Gasteiger partial charge in [-0.05, 0) is 55.8 Å². The van der Waals surface area contributed by atoms with Crippen molar-refractivity contribution in [2.45, 2.75) is 13.8 Å². The van der Waals surface area contributed by atoms with E-state index in [1.807, 2.05) is 44.2 Å². The molecule has 0 radical (unpaired) electrons. The minimum atomic E-state index is -0.420. The molecule has 0 saturated carbocycles. The van der Waals surface area contributed by atoms with Crippen LogP contribution < -0.4 is 4.74 Å². The molecule has 1 aromatic heterocycles. The van der Waals surface area contributed by atoms with E-state index in [0.717, 1.165) is 16.6 Å². The van der Waals surface area contributed by atoms with Gasteiger partial charge in [0, 0.05) is 11.1 Å². The fourth-order valence-electron chi connectivity index (χ4n) is 3.03. The van der Waals surface area contributed by atoms with Crippen molar-refractivity contribution in [3.63, 3.8) is 0 Å². The molecule has 154 valence electrons. The number of imidazole rings is 1. The number of hydrogen-bond donors (Lipinski definition) is 1. The monoisotopic (exact) mass is 430 g/mol. The Hall–Kier alpha value is -3.75. The van der Waals surface area contributed by atoms with Crippen LogP contribution in [0.5, 0.6) is 11.8 Å². The van der Waals surface area contributed by atoms with Crippen LogP contribution in [0.3, 0.4) is 0 Å². The maximum Gasteiger partial charge on any atom is 0.338 e. The fourth-order valence-corrected chi connectivity index (χ4v) is 3.24. The number of fused-ring (bicyclic) bond motifs is 1. The lowest BCUT2D eigenvalue weighted by atomic mass is 10.1. The number of halogens is 1. The normalized spacial score (nSPS) is 10.5. The average Bonchev–Trinajstić information content (AvgIpc) is 3.14. The summed E-state index contributed by atoms with van der Waals surface area (Å²) >= 11 is 6.41. The van der Waals surface area contributed by atoms with E-state index in [2.05, 4.69) is 21.8 Å². The molecule has 3 aromatic carbocycles. The Labute approximate surface area is 185 Å². The predicted molar refractivity (Wildman–Crippen MR) is 121 cm³/mol. The van der Waals surface area contributed by atoms with Crippen LogP contribution in [0, 0.1) is 25.7 Å². The number of nitrogens with one attached hydrogen (secondary N) is 1. The third-order valence-electron chi connectivity index (χ3n) is 4.77. The lowest BCUT2D eigenvalue weighted by molar-refractivity contribution is 0.0599. The van der Waals surface area contributed by atoms with E-state index in [9.17, 15) is 4.79 Å². The van der Waals surface area contributed by atoms with Crippen LogP contribution in [0.4, 0.5) is 0 Å². The van der Waals surface area contributed by atoms with Crippen LogP contribution >= 0.6 is 11.6 Å². The van der Waals surface area contributed by atoms with Crippen molar-refractivity contribution in [2.24, 2.45) is 0 Å². The van der Waals surface area contributed by atoms with E-state index in [1.54, 1.807) is 24.3 Å². The van der Waals surface area contributed by atoms with Gasteiger partial charge in [0.15, 0.2) is 0 Å². The summed E-state index contributed by atoms with van der Waals surface area (Å²) in [6, 6.07) is 17.0.